The lowest BCUT2D eigenvalue weighted by Gasteiger charge is -2.25. The third-order valence-electron chi connectivity index (χ3n) is 1.69. The van der Waals surface area contributed by atoms with E-state index in [1.54, 1.807) is 12.1 Å². The smallest absolute Gasteiger partial charge is 0.286 e. The van der Waals surface area contributed by atoms with Gasteiger partial charge in [-0.15, -0.1) is 0 Å². The summed E-state index contributed by atoms with van der Waals surface area (Å²) in [6.45, 7) is 0. The van der Waals surface area contributed by atoms with E-state index < -0.39 is 5.91 Å². The molecule has 12 heavy (non-hydrogen) atoms. The molecule has 0 aliphatic carbocycles. The summed E-state index contributed by atoms with van der Waals surface area (Å²) < 4.78 is 5.07. The zero-order chi connectivity index (χ0) is 8.60. The number of hydrogen-bond acceptors (Lipinski definition) is 3. The number of para-hydroxylation sites is 1. The standard InChI is InChI=1S/C9H9NO2/c10-9(11)6-5-7-3-1-2-4-8(7)12-9/h1-6,11H,10H2. The molecule has 1 aromatic carbocycles. The van der Waals surface area contributed by atoms with Crippen LogP contribution in [-0.2, 0) is 0 Å². The Morgan fingerprint density at radius 2 is 2.08 bits per heavy atom. The lowest BCUT2D eigenvalue weighted by Crippen LogP contribution is -2.44. The first-order chi connectivity index (χ1) is 5.67. The molecule has 0 spiro atoms. The Hall–Kier alpha value is -1.32. The first-order valence-corrected chi connectivity index (χ1v) is 3.66. The van der Waals surface area contributed by atoms with Crippen LogP contribution < -0.4 is 10.5 Å². The quantitative estimate of drug-likeness (QED) is 0.553. The van der Waals surface area contributed by atoms with Gasteiger partial charge >= 0.3 is 0 Å². The molecular weight excluding hydrogens is 154 g/mol. The van der Waals surface area contributed by atoms with E-state index in [0.29, 0.717) is 5.75 Å². The van der Waals surface area contributed by atoms with Gasteiger partial charge in [0.25, 0.3) is 5.91 Å². The zero-order valence-corrected chi connectivity index (χ0v) is 6.40. The Labute approximate surface area is 70.1 Å². The maximum absolute atomic E-state index is 9.29. The highest BCUT2D eigenvalue weighted by Crippen LogP contribution is 2.26. The summed E-state index contributed by atoms with van der Waals surface area (Å²) in [6.07, 6.45) is 3.15. The molecule has 0 saturated carbocycles. The molecule has 0 bridgehead atoms. The summed E-state index contributed by atoms with van der Waals surface area (Å²) in [7, 11) is 0. The molecule has 0 radical (unpaired) electrons. The van der Waals surface area contributed by atoms with E-state index in [-0.39, 0.29) is 0 Å². The summed E-state index contributed by atoms with van der Waals surface area (Å²) in [5, 5.41) is 9.29. The molecule has 1 aliphatic heterocycles. The lowest BCUT2D eigenvalue weighted by molar-refractivity contribution is -0.0898. The molecule has 62 valence electrons. The molecule has 1 aromatic rings. The van der Waals surface area contributed by atoms with Crippen LogP contribution >= 0.6 is 0 Å². The van der Waals surface area contributed by atoms with Gasteiger partial charge in [-0.3, -0.25) is 5.73 Å². The first kappa shape index (κ1) is 7.34. The van der Waals surface area contributed by atoms with Gasteiger partial charge in [0.1, 0.15) is 5.75 Å². The summed E-state index contributed by atoms with van der Waals surface area (Å²) in [5.74, 6) is -1.06. The highest BCUT2D eigenvalue weighted by Gasteiger charge is 2.23. The Morgan fingerprint density at radius 3 is 2.92 bits per heavy atom. The topological polar surface area (TPSA) is 55.5 Å². The minimum Gasteiger partial charge on any atom is -0.445 e. The minimum absolute atomic E-state index is 0.602. The molecule has 3 nitrogen and oxygen atoms in total. The highest BCUT2D eigenvalue weighted by molar-refractivity contribution is 5.60. The third-order valence-corrected chi connectivity index (χ3v) is 1.69. The summed E-state index contributed by atoms with van der Waals surface area (Å²) in [5.41, 5.74) is 6.26. The molecule has 0 saturated heterocycles. The summed E-state index contributed by atoms with van der Waals surface area (Å²) in [4.78, 5) is 0. The van der Waals surface area contributed by atoms with Gasteiger partial charge in [-0.2, -0.15) is 0 Å². The fraction of sp³-hybridized carbons (Fsp3) is 0.111. The number of hydrogen-bond donors (Lipinski definition) is 2. The molecule has 0 amide bonds. The molecule has 1 unspecified atom stereocenters. The monoisotopic (exact) mass is 163 g/mol. The molecular formula is C9H9NO2. The van der Waals surface area contributed by atoms with E-state index in [9.17, 15) is 5.11 Å². The molecule has 2 rings (SSSR count). The minimum atomic E-state index is -1.66. The number of nitrogens with two attached hydrogens (primary N) is 1. The molecule has 0 fully saturated rings. The number of aliphatic hydroxyl groups is 1. The molecule has 3 N–H and O–H groups in total. The Balaban J connectivity index is 2.46. The van der Waals surface area contributed by atoms with Crippen LogP contribution in [0.4, 0.5) is 0 Å². The predicted octanol–water partition coefficient (Wildman–Crippen LogP) is 0.697. The zero-order valence-electron chi connectivity index (χ0n) is 6.40. The highest BCUT2D eigenvalue weighted by atomic mass is 16.6. The molecule has 1 heterocycles. The number of ether oxygens (including phenoxy) is 1. The number of fused-ring (bicyclic) bond motifs is 1. The van der Waals surface area contributed by atoms with Crippen molar-refractivity contribution in [2.45, 2.75) is 5.91 Å². The van der Waals surface area contributed by atoms with Crippen LogP contribution in [0.25, 0.3) is 6.08 Å². The van der Waals surface area contributed by atoms with Crippen molar-refractivity contribution in [1.29, 1.82) is 0 Å². The van der Waals surface area contributed by atoms with Crippen molar-refractivity contribution >= 4 is 6.08 Å². The molecule has 1 atom stereocenters. The maximum atomic E-state index is 9.29. The van der Waals surface area contributed by atoms with E-state index in [1.165, 1.54) is 6.08 Å². The van der Waals surface area contributed by atoms with Crippen molar-refractivity contribution in [2.75, 3.05) is 0 Å². The Kier molecular flexibility index (Phi) is 1.43. The fourth-order valence-electron chi connectivity index (χ4n) is 1.13. The second kappa shape index (κ2) is 2.33. The largest absolute Gasteiger partial charge is 0.445 e. The van der Waals surface area contributed by atoms with E-state index in [2.05, 4.69) is 0 Å². The van der Waals surface area contributed by atoms with E-state index in [1.807, 2.05) is 18.2 Å². The summed E-state index contributed by atoms with van der Waals surface area (Å²) in [6, 6.07) is 7.37. The molecule has 1 aliphatic rings. The second-order valence-electron chi connectivity index (χ2n) is 2.73. The average molecular weight is 163 g/mol. The second-order valence-corrected chi connectivity index (χ2v) is 2.73. The number of benzene rings is 1. The van der Waals surface area contributed by atoms with E-state index in [4.69, 9.17) is 10.5 Å². The van der Waals surface area contributed by atoms with Crippen LogP contribution in [0, 0.1) is 0 Å². The van der Waals surface area contributed by atoms with Crippen LogP contribution in [-0.4, -0.2) is 11.0 Å². The van der Waals surface area contributed by atoms with Gasteiger partial charge < -0.3 is 9.84 Å². The molecule has 3 heteroatoms. The van der Waals surface area contributed by atoms with Crippen molar-refractivity contribution in [1.82, 2.24) is 0 Å². The van der Waals surface area contributed by atoms with Crippen LogP contribution in [0.1, 0.15) is 5.56 Å². The van der Waals surface area contributed by atoms with Gasteiger partial charge in [-0.25, -0.2) is 0 Å². The van der Waals surface area contributed by atoms with Crippen molar-refractivity contribution in [3.8, 4) is 5.75 Å². The van der Waals surface area contributed by atoms with Crippen LogP contribution in [0.2, 0.25) is 0 Å². The summed E-state index contributed by atoms with van der Waals surface area (Å²) >= 11 is 0. The third kappa shape index (κ3) is 1.20. The maximum Gasteiger partial charge on any atom is 0.286 e. The van der Waals surface area contributed by atoms with Crippen LogP contribution in [0.3, 0.4) is 0 Å². The van der Waals surface area contributed by atoms with Crippen molar-refractivity contribution in [3.63, 3.8) is 0 Å². The van der Waals surface area contributed by atoms with Gasteiger partial charge in [-0.1, -0.05) is 18.2 Å². The lowest BCUT2D eigenvalue weighted by atomic mass is 10.1. The predicted molar refractivity (Wildman–Crippen MR) is 45.2 cm³/mol. The van der Waals surface area contributed by atoms with Crippen LogP contribution in [0.15, 0.2) is 30.3 Å². The van der Waals surface area contributed by atoms with Gasteiger partial charge in [0.05, 0.1) is 0 Å². The molecule has 0 aromatic heterocycles. The van der Waals surface area contributed by atoms with E-state index in [0.717, 1.165) is 5.56 Å². The van der Waals surface area contributed by atoms with E-state index >= 15 is 0 Å². The number of rotatable bonds is 0. The normalized spacial score (nSPS) is 26.2. The van der Waals surface area contributed by atoms with Gasteiger partial charge in [-0.05, 0) is 12.1 Å². The fourth-order valence-corrected chi connectivity index (χ4v) is 1.13. The average Bonchev–Trinajstić information content (AvgIpc) is 2.02. The van der Waals surface area contributed by atoms with Crippen molar-refractivity contribution in [3.05, 3.63) is 35.9 Å². The Morgan fingerprint density at radius 1 is 1.33 bits per heavy atom. The van der Waals surface area contributed by atoms with Crippen molar-refractivity contribution in [2.24, 2.45) is 5.73 Å². The van der Waals surface area contributed by atoms with Gasteiger partial charge in [0.15, 0.2) is 0 Å². The first-order valence-electron chi connectivity index (χ1n) is 3.66. The van der Waals surface area contributed by atoms with Gasteiger partial charge in [0, 0.05) is 11.6 Å². The Bertz CT molecular complexity index is 331. The van der Waals surface area contributed by atoms with Crippen molar-refractivity contribution < 1.29 is 9.84 Å². The van der Waals surface area contributed by atoms with Gasteiger partial charge in [0.2, 0.25) is 0 Å². The van der Waals surface area contributed by atoms with Crippen LogP contribution in [0.5, 0.6) is 5.75 Å². The SMILES string of the molecule is NC1(O)C=Cc2ccccc2O1.